The lowest BCUT2D eigenvalue weighted by Crippen LogP contribution is -2.42. The first-order valence-electron chi connectivity index (χ1n) is 7.19. The molecular weight excluding hydrogens is 244 g/mol. The molecular formula is C14H28N2O3. The van der Waals surface area contributed by atoms with Crippen molar-refractivity contribution in [3.63, 3.8) is 0 Å². The molecule has 1 fully saturated rings. The molecule has 0 radical (unpaired) electrons. The van der Waals surface area contributed by atoms with Crippen molar-refractivity contribution in [2.75, 3.05) is 47.1 Å². The molecule has 1 aliphatic rings. The van der Waals surface area contributed by atoms with Crippen LogP contribution in [-0.2, 0) is 14.3 Å². The Hall–Kier alpha value is -0.650. The Morgan fingerprint density at radius 1 is 1.21 bits per heavy atom. The molecule has 2 unspecified atom stereocenters. The number of ether oxygens (including phenoxy) is 2. The van der Waals surface area contributed by atoms with Gasteiger partial charge >= 0.3 is 0 Å². The Bertz CT molecular complexity index is 253. The van der Waals surface area contributed by atoms with E-state index in [9.17, 15) is 4.79 Å². The van der Waals surface area contributed by atoms with Gasteiger partial charge in [0.15, 0.2) is 0 Å². The zero-order valence-electron chi connectivity index (χ0n) is 12.3. The van der Waals surface area contributed by atoms with Crippen LogP contribution >= 0.6 is 0 Å². The molecule has 0 saturated heterocycles. The first kappa shape index (κ1) is 16.4. The van der Waals surface area contributed by atoms with E-state index in [1.807, 2.05) is 4.90 Å². The number of nitrogens with two attached hydrogens (primary N) is 1. The second-order valence-electron chi connectivity index (χ2n) is 5.28. The Balaban J connectivity index is 2.52. The maximum atomic E-state index is 12.5. The quantitative estimate of drug-likeness (QED) is 0.712. The largest absolute Gasteiger partial charge is 0.383 e. The third-order valence-electron chi connectivity index (χ3n) is 3.91. The summed E-state index contributed by atoms with van der Waals surface area (Å²) in [5.41, 5.74) is 5.74. The highest BCUT2D eigenvalue weighted by molar-refractivity contribution is 5.79. The predicted octanol–water partition coefficient (Wildman–Crippen LogP) is 0.873. The minimum absolute atomic E-state index is 0.135. The molecule has 2 atom stereocenters. The average molecular weight is 272 g/mol. The third-order valence-corrected chi connectivity index (χ3v) is 3.91. The van der Waals surface area contributed by atoms with Crippen molar-refractivity contribution in [2.24, 2.45) is 17.6 Å². The smallest absolute Gasteiger partial charge is 0.225 e. The SMILES string of the molecule is COCCN(CCOC)C(=O)C1CCCC(CN)C1. The van der Waals surface area contributed by atoms with Gasteiger partial charge in [0.05, 0.1) is 13.2 Å². The lowest BCUT2D eigenvalue weighted by atomic mass is 9.81. The normalized spacial score (nSPS) is 23.3. The van der Waals surface area contributed by atoms with Gasteiger partial charge in [-0.2, -0.15) is 0 Å². The predicted molar refractivity (Wildman–Crippen MR) is 74.8 cm³/mol. The van der Waals surface area contributed by atoms with Crippen molar-refractivity contribution in [3.8, 4) is 0 Å². The molecule has 0 spiro atoms. The minimum atomic E-state index is 0.135. The molecule has 0 bridgehead atoms. The molecule has 19 heavy (non-hydrogen) atoms. The zero-order valence-corrected chi connectivity index (χ0v) is 12.3. The van der Waals surface area contributed by atoms with E-state index in [4.69, 9.17) is 15.2 Å². The summed E-state index contributed by atoms with van der Waals surface area (Å²) in [6.07, 6.45) is 4.20. The van der Waals surface area contributed by atoms with Crippen LogP contribution in [-0.4, -0.2) is 57.9 Å². The molecule has 2 N–H and O–H groups in total. The van der Waals surface area contributed by atoms with Crippen LogP contribution in [0, 0.1) is 11.8 Å². The summed E-state index contributed by atoms with van der Waals surface area (Å²) in [6, 6.07) is 0. The van der Waals surface area contributed by atoms with Crippen LogP contribution < -0.4 is 5.73 Å². The van der Waals surface area contributed by atoms with Crippen molar-refractivity contribution in [3.05, 3.63) is 0 Å². The second-order valence-corrected chi connectivity index (χ2v) is 5.28. The van der Waals surface area contributed by atoms with Crippen molar-refractivity contribution < 1.29 is 14.3 Å². The van der Waals surface area contributed by atoms with Gasteiger partial charge in [0.25, 0.3) is 0 Å². The van der Waals surface area contributed by atoms with Crippen molar-refractivity contribution in [2.45, 2.75) is 25.7 Å². The van der Waals surface area contributed by atoms with E-state index in [2.05, 4.69) is 0 Å². The highest BCUT2D eigenvalue weighted by Gasteiger charge is 2.29. The Morgan fingerprint density at radius 3 is 2.37 bits per heavy atom. The molecule has 1 saturated carbocycles. The summed E-state index contributed by atoms with van der Waals surface area (Å²) in [4.78, 5) is 14.4. The monoisotopic (exact) mass is 272 g/mol. The Labute approximate surface area is 116 Å². The highest BCUT2D eigenvalue weighted by atomic mass is 16.5. The second kappa shape index (κ2) is 9.28. The Morgan fingerprint density at radius 2 is 1.84 bits per heavy atom. The van der Waals surface area contributed by atoms with Gasteiger partial charge in [0.1, 0.15) is 0 Å². The molecule has 0 heterocycles. The summed E-state index contributed by atoms with van der Waals surface area (Å²) in [5.74, 6) is 0.887. The van der Waals surface area contributed by atoms with Crippen LogP contribution in [0.1, 0.15) is 25.7 Å². The minimum Gasteiger partial charge on any atom is -0.383 e. The van der Waals surface area contributed by atoms with Gasteiger partial charge in [-0.1, -0.05) is 6.42 Å². The molecule has 112 valence electrons. The fraction of sp³-hybridized carbons (Fsp3) is 0.929. The number of rotatable bonds is 8. The van der Waals surface area contributed by atoms with E-state index < -0.39 is 0 Å². The summed E-state index contributed by atoms with van der Waals surface area (Å²) in [5, 5.41) is 0. The molecule has 5 nitrogen and oxygen atoms in total. The van der Waals surface area contributed by atoms with E-state index in [1.54, 1.807) is 14.2 Å². The number of hydrogen-bond acceptors (Lipinski definition) is 4. The first-order valence-corrected chi connectivity index (χ1v) is 7.19. The fourth-order valence-electron chi connectivity index (χ4n) is 2.72. The summed E-state index contributed by atoms with van der Waals surface area (Å²) in [7, 11) is 3.31. The van der Waals surface area contributed by atoms with E-state index in [0.29, 0.717) is 38.8 Å². The molecule has 1 amide bonds. The van der Waals surface area contributed by atoms with Gasteiger partial charge in [0, 0.05) is 33.2 Å². The van der Waals surface area contributed by atoms with E-state index in [1.165, 1.54) is 0 Å². The van der Waals surface area contributed by atoms with Gasteiger partial charge in [-0.05, 0) is 31.7 Å². The van der Waals surface area contributed by atoms with Crippen LogP contribution in [0.4, 0.5) is 0 Å². The number of carbonyl (C=O) groups is 1. The van der Waals surface area contributed by atoms with Crippen LogP contribution in [0.3, 0.4) is 0 Å². The number of carbonyl (C=O) groups excluding carboxylic acids is 1. The zero-order chi connectivity index (χ0) is 14.1. The van der Waals surface area contributed by atoms with Gasteiger partial charge in [-0.25, -0.2) is 0 Å². The number of hydrogen-bond donors (Lipinski definition) is 1. The first-order chi connectivity index (χ1) is 9.22. The van der Waals surface area contributed by atoms with Gasteiger partial charge in [-0.3, -0.25) is 4.79 Å². The summed E-state index contributed by atoms with van der Waals surface area (Å²) in [6.45, 7) is 3.12. The standard InChI is InChI=1S/C14H28N2O3/c1-18-8-6-16(7-9-19-2)14(17)13-5-3-4-12(10-13)11-15/h12-13H,3-11,15H2,1-2H3. The van der Waals surface area contributed by atoms with Gasteiger partial charge in [0.2, 0.25) is 5.91 Å². The molecule has 0 aromatic heterocycles. The lowest BCUT2D eigenvalue weighted by molar-refractivity contribution is -0.138. The summed E-state index contributed by atoms with van der Waals surface area (Å²) < 4.78 is 10.2. The average Bonchev–Trinajstić information content (AvgIpc) is 2.47. The summed E-state index contributed by atoms with van der Waals surface area (Å²) >= 11 is 0. The Kier molecular flexibility index (Phi) is 8.02. The highest BCUT2D eigenvalue weighted by Crippen LogP contribution is 2.29. The van der Waals surface area contributed by atoms with Crippen molar-refractivity contribution >= 4 is 5.91 Å². The number of nitrogens with zero attached hydrogens (tertiary/aromatic N) is 1. The van der Waals surface area contributed by atoms with Crippen molar-refractivity contribution in [1.29, 1.82) is 0 Å². The molecule has 0 aliphatic heterocycles. The fourth-order valence-corrected chi connectivity index (χ4v) is 2.72. The van der Waals surface area contributed by atoms with Gasteiger partial charge in [-0.15, -0.1) is 0 Å². The van der Waals surface area contributed by atoms with Crippen molar-refractivity contribution in [1.82, 2.24) is 4.90 Å². The maximum Gasteiger partial charge on any atom is 0.225 e. The molecule has 0 aromatic carbocycles. The lowest BCUT2D eigenvalue weighted by Gasteiger charge is -2.32. The van der Waals surface area contributed by atoms with E-state index in [-0.39, 0.29) is 11.8 Å². The number of methoxy groups -OCH3 is 2. The van der Waals surface area contributed by atoms with Crippen LogP contribution in [0.5, 0.6) is 0 Å². The van der Waals surface area contributed by atoms with E-state index in [0.717, 1.165) is 25.7 Å². The molecule has 5 heteroatoms. The topological polar surface area (TPSA) is 64.8 Å². The van der Waals surface area contributed by atoms with Gasteiger partial charge < -0.3 is 20.1 Å². The van der Waals surface area contributed by atoms with Crippen LogP contribution in [0.25, 0.3) is 0 Å². The molecule has 0 aromatic rings. The van der Waals surface area contributed by atoms with Crippen LogP contribution in [0.15, 0.2) is 0 Å². The van der Waals surface area contributed by atoms with E-state index >= 15 is 0 Å². The molecule has 1 aliphatic carbocycles. The maximum absolute atomic E-state index is 12.5. The number of amides is 1. The molecule has 1 rings (SSSR count). The van der Waals surface area contributed by atoms with Crippen LogP contribution in [0.2, 0.25) is 0 Å². The third kappa shape index (κ3) is 5.47.